The number of hydrogen-bond acceptors (Lipinski definition) is 4. The van der Waals surface area contributed by atoms with Crippen LogP contribution in [0.3, 0.4) is 0 Å². The Morgan fingerprint density at radius 1 is 1.56 bits per heavy atom. The van der Waals surface area contributed by atoms with E-state index in [2.05, 4.69) is 9.71 Å². The van der Waals surface area contributed by atoms with Crippen LogP contribution in [0.4, 0.5) is 0 Å². The highest BCUT2D eigenvalue weighted by Crippen LogP contribution is 2.21. The van der Waals surface area contributed by atoms with Gasteiger partial charge < -0.3 is 8.98 Å². The average Bonchev–Trinajstić information content (AvgIpc) is 2.89. The Labute approximate surface area is 110 Å². The quantitative estimate of drug-likeness (QED) is 0.929. The number of imidazole rings is 1. The molecule has 0 radical (unpaired) electrons. The Kier molecular flexibility index (Phi) is 3.47. The van der Waals surface area contributed by atoms with Crippen molar-refractivity contribution in [3.63, 3.8) is 0 Å². The van der Waals surface area contributed by atoms with Crippen LogP contribution in [0.15, 0.2) is 34.2 Å². The molecule has 0 aliphatic rings. The summed E-state index contributed by atoms with van der Waals surface area (Å²) >= 11 is 5.86. The fourth-order valence-corrected chi connectivity index (χ4v) is 3.10. The minimum Gasteiger partial charge on any atom is -0.468 e. The van der Waals surface area contributed by atoms with Crippen molar-refractivity contribution >= 4 is 21.6 Å². The van der Waals surface area contributed by atoms with E-state index in [1.54, 1.807) is 26.1 Å². The molecule has 0 aliphatic heterocycles. The van der Waals surface area contributed by atoms with Gasteiger partial charge in [-0.25, -0.2) is 13.4 Å². The molecule has 1 unspecified atom stereocenters. The number of aromatic nitrogens is 2. The summed E-state index contributed by atoms with van der Waals surface area (Å²) in [4.78, 5) is 3.77. The van der Waals surface area contributed by atoms with Crippen LogP contribution in [-0.2, 0) is 17.1 Å². The Morgan fingerprint density at radius 3 is 2.78 bits per heavy atom. The van der Waals surface area contributed by atoms with Crippen molar-refractivity contribution in [3.05, 3.63) is 35.6 Å². The van der Waals surface area contributed by atoms with Crippen LogP contribution in [0.5, 0.6) is 0 Å². The first-order chi connectivity index (χ1) is 8.42. The zero-order valence-electron chi connectivity index (χ0n) is 9.79. The van der Waals surface area contributed by atoms with Crippen LogP contribution in [0.1, 0.15) is 18.7 Å². The largest absolute Gasteiger partial charge is 0.468 e. The molecule has 0 saturated carbocycles. The highest BCUT2D eigenvalue weighted by Gasteiger charge is 2.25. The monoisotopic (exact) mass is 289 g/mol. The SMILES string of the molecule is CC(NS(=O)(=O)c1ncn(C)c1Cl)c1ccco1. The first-order valence-corrected chi connectivity index (χ1v) is 7.00. The zero-order valence-corrected chi connectivity index (χ0v) is 11.4. The van der Waals surface area contributed by atoms with Gasteiger partial charge in [0.1, 0.15) is 10.9 Å². The molecule has 0 aliphatic carbocycles. The molecule has 1 atom stereocenters. The van der Waals surface area contributed by atoms with Crippen LogP contribution < -0.4 is 4.72 Å². The minimum absolute atomic E-state index is 0.0640. The lowest BCUT2D eigenvalue weighted by molar-refractivity contribution is 0.459. The van der Waals surface area contributed by atoms with Crippen LogP contribution in [0.2, 0.25) is 5.15 Å². The molecule has 2 aromatic rings. The smallest absolute Gasteiger partial charge is 0.261 e. The maximum absolute atomic E-state index is 12.1. The number of halogens is 1. The van der Waals surface area contributed by atoms with E-state index in [1.165, 1.54) is 17.2 Å². The summed E-state index contributed by atoms with van der Waals surface area (Å²) < 4.78 is 33.1. The van der Waals surface area contributed by atoms with E-state index in [0.717, 1.165) is 0 Å². The van der Waals surface area contributed by atoms with Crippen LogP contribution in [0, 0.1) is 0 Å². The van der Waals surface area contributed by atoms with Crippen molar-refractivity contribution in [2.24, 2.45) is 7.05 Å². The van der Waals surface area contributed by atoms with Crippen LogP contribution >= 0.6 is 11.6 Å². The molecule has 0 fully saturated rings. The number of furan rings is 1. The van der Waals surface area contributed by atoms with E-state index >= 15 is 0 Å². The van der Waals surface area contributed by atoms with Gasteiger partial charge in [0, 0.05) is 7.05 Å². The zero-order chi connectivity index (χ0) is 13.3. The third-order valence-corrected chi connectivity index (χ3v) is 4.42. The number of nitrogens with one attached hydrogen (secondary N) is 1. The molecule has 18 heavy (non-hydrogen) atoms. The van der Waals surface area contributed by atoms with Crippen LogP contribution in [0.25, 0.3) is 0 Å². The Morgan fingerprint density at radius 2 is 2.28 bits per heavy atom. The maximum atomic E-state index is 12.1. The third kappa shape index (κ3) is 2.43. The summed E-state index contributed by atoms with van der Waals surface area (Å²) in [6.07, 6.45) is 2.82. The molecule has 2 aromatic heterocycles. The molecule has 0 aromatic carbocycles. The molecule has 0 bridgehead atoms. The van der Waals surface area contributed by atoms with E-state index in [-0.39, 0.29) is 10.2 Å². The van der Waals surface area contributed by atoms with Gasteiger partial charge >= 0.3 is 0 Å². The van der Waals surface area contributed by atoms with Crippen LogP contribution in [-0.4, -0.2) is 18.0 Å². The Hall–Kier alpha value is -1.31. The van der Waals surface area contributed by atoms with E-state index < -0.39 is 16.1 Å². The van der Waals surface area contributed by atoms with Crippen molar-refractivity contribution in [1.82, 2.24) is 14.3 Å². The van der Waals surface area contributed by atoms with Crippen molar-refractivity contribution < 1.29 is 12.8 Å². The second-order valence-corrected chi connectivity index (χ2v) is 5.80. The fourth-order valence-electron chi connectivity index (χ4n) is 1.46. The molecule has 2 rings (SSSR count). The van der Waals surface area contributed by atoms with E-state index in [9.17, 15) is 8.42 Å². The van der Waals surface area contributed by atoms with Gasteiger partial charge in [0.15, 0.2) is 0 Å². The molecule has 0 spiro atoms. The molecule has 8 heteroatoms. The van der Waals surface area contributed by atoms with Gasteiger partial charge in [0.05, 0.1) is 18.6 Å². The Bertz CT molecular complexity index is 633. The lowest BCUT2D eigenvalue weighted by atomic mass is 10.3. The highest BCUT2D eigenvalue weighted by molar-refractivity contribution is 7.89. The van der Waals surface area contributed by atoms with Gasteiger partial charge in [-0.3, -0.25) is 0 Å². The topological polar surface area (TPSA) is 77.1 Å². The normalized spacial score (nSPS) is 13.7. The average molecular weight is 290 g/mol. The first-order valence-electron chi connectivity index (χ1n) is 5.14. The van der Waals surface area contributed by atoms with Gasteiger partial charge in [0.25, 0.3) is 10.0 Å². The molecular weight excluding hydrogens is 278 g/mol. The summed E-state index contributed by atoms with van der Waals surface area (Å²) in [6.45, 7) is 1.67. The van der Waals surface area contributed by atoms with Crippen molar-refractivity contribution in [3.8, 4) is 0 Å². The van der Waals surface area contributed by atoms with E-state index in [0.29, 0.717) is 5.76 Å². The molecule has 98 valence electrons. The summed E-state index contributed by atoms with van der Waals surface area (Å²) in [6, 6.07) is 2.88. The van der Waals surface area contributed by atoms with E-state index in [1.807, 2.05) is 0 Å². The van der Waals surface area contributed by atoms with Crippen molar-refractivity contribution in [2.75, 3.05) is 0 Å². The summed E-state index contributed by atoms with van der Waals surface area (Å²) in [7, 11) is -2.15. The second-order valence-electron chi connectivity index (χ2n) is 3.81. The fraction of sp³-hybridized carbons (Fsp3) is 0.300. The number of rotatable bonds is 4. The molecule has 6 nitrogen and oxygen atoms in total. The van der Waals surface area contributed by atoms with Gasteiger partial charge in [0.2, 0.25) is 5.03 Å². The number of sulfonamides is 1. The second kappa shape index (κ2) is 4.75. The summed E-state index contributed by atoms with van der Waals surface area (Å²) in [5.74, 6) is 0.519. The number of nitrogens with zero attached hydrogens (tertiary/aromatic N) is 2. The van der Waals surface area contributed by atoms with E-state index in [4.69, 9.17) is 16.0 Å². The maximum Gasteiger partial charge on any atom is 0.261 e. The van der Waals surface area contributed by atoms with Gasteiger partial charge in [-0.05, 0) is 19.1 Å². The first kappa shape index (κ1) is 13.1. The Balaban J connectivity index is 2.25. The molecule has 1 N–H and O–H groups in total. The van der Waals surface area contributed by atoms with Gasteiger partial charge in [-0.15, -0.1) is 0 Å². The number of aryl methyl sites for hydroxylation is 1. The predicted octanol–water partition coefficient (Wildman–Crippen LogP) is 1.71. The standard InChI is InChI=1S/C10H12ClN3O3S/c1-7(8-4-3-5-17-8)13-18(15,16)10-9(11)14(2)6-12-10/h3-7,13H,1-2H3. The molecular formula is C10H12ClN3O3S. The summed E-state index contributed by atoms with van der Waals surface area (Å²) in [5.41, 5.74) is 0. The highest BCUT2D eigenvalue weighted by atomic mass is 35.5. The lowest BCUT2D eigenvalue weighted by Crippen LogP contribution is -2.27. The predicted molar refractivity (Wildman–Crippen MR) is 65.7 cm³/mol. The minimum atomic E-state index is -3.77. The third-order valence-electron chi connectivity index (χ3n) is 2.39. The molecule has 0 amide bonds. The van der Waals surface area contributed by atoms with Gasteiger partial charge in [-0.1, -0.05) is 11.6 Å². The molecule has 2 heterocycles. The van der Waals surface area contributed by atoms with Gasteiger partial charge in [-0.2, -0.15) is 4.72 Å². The number of hydrogen-bond donors (Lipinski definition) is 1. The molecule has 0 saturated heterocycles. The lowest BCUT2D eigenvalue weighted by Gasteiger charge is -2.10. The van der Waals surface area contributed by atoms with Crippen molar-refractivity contribution in [2.45, 2.75) is 18.0 Å². The van der Waals surface area contributed by atoms with Crippen molar-refractivity contribution in [1.29, 1.82) is 0 Å². The summed E-state index contributed by atoms with van der Waals surface area (Å²) in [5, 5.41) is -0.126.